The quantitative estimate of drug-likeness (QED) is 0.515. The van der Waals surface area contributed by atoms with Crippen molar-refractivity contribution in [3.8, 4) is 11.5 Å². The summed E-state index contributed by atoms with van der Waals surface area (Å²) in [6.45, 7) is 5.08. The number of furan rings is 1. The molecule has 3 aromatic heterocycles. The van der Waals surface area contributed by atoms with Crippen LogP contribution in [0, 0.1) is 6.92 Å². The van der Waals surface area contributed by atoms with Gasteiger partial charge in [0.2, 0.25) is 5.91 Å². The van der Waals surface area contributed by atoms with Crippen molar-refractivity contribution < 1.29 is 18.5 Å². The number of fused-ring (bicyclic) bond motifs is 1. The van der Waals surface area contributed by atoms with Gasteiger partial charge in [0.1, 0.15) is 5.69 Å². The van der Waals surface area contributed by atoms with Crippen LogP contribution >= 0.6 is 0 Å². The Hall–Kier alpha value is -3.94. The van der Waals surface area contributed by atoms with Gasteiger partial charge in [-0.1, -0.05) is 17.3 Å². The number of hydrogen-bond acceptors (Lipinski definition) is 6. The summed E-state index contributed by atoms with van der Waals surface area (Å²) in [7, 11) is 0. The molecule has 8 heteroatoms. The Kier molecular flexibility index (Phi) is 5.05. The number of rotatable bonds is 5. The monoisotopic (exact) mass is 404 g/mol. The number of carbonyl (C=O) groups is 2. The number of aryl methyl sites for hydroxylation is 1. The lowest BCUT2D eigenvalue weighted by molar-refractivity contribution is -0.114. The van der Waals surface area contributed by atoms with Gasteiger partial charge >= 0.3 is 0 Å². The van der Waals surface area contributed by atoms with Crippen LogP contribution in [0.5, 0.6) is 0 Å². The molecule has 0 spiro atoms. The van der Waals surface area contributed by atoms with Gasteiger partial charge in [0.15, 0.2) is 5.76 Å². The molecule has 4 rings (SSSR count). The molecule has 1 aromatic carbocycles. The fraction of sp³-hybridized carbons (Fsp3) is 0.182. The van der Waals surface area contributed by atoms with Gasteiger partial charge in [0.05, 0.1) is 28.9 Å². The first-order valence-corrected chi connectivity index (χ1v) is 9.41. The highest BCUT2D eigenvalue weighted by Crippen LogP contribution is 2.28. The minimum Gasteiger partial charge on any atom is -0.463 e. The summed E-state index contributed by atoms with van der Waals surface area (Å²) in [5, 5.41) is 10.2. The van der Waals surface area contributed by atoms with Crippen LogP contribution in [0.25, 0.3) is 22.6 Å². The first-order chi connectivity index (χ1) is 14.4. The second-order valence-corrected chi connectivity index (χ2v) is 6.98. The lowest BCUT2D eigenvalue weighted by atomic mass is 10.0. The highest BCUT2D eigenvalue weighted by atomic mass is 16.5. The van der Waals surface area contributed by atoms with Crippen LogP contribution in [0.3, 0.4) is 0 Å². The Morgan fingerprint density at radius 2 is 1.97 bits per heavy atom. The number of aromatic nitrogens is 2. The van der Waals surface area contributed by atoms with Gasteiger partial charge in [-0.15, -0.1) is 0 Å². The maximum atomic E-state index is 13.2. The molecule has 0 aliphatic carbocycles. The summed E-state index contributed by atoms with van der Waals surface area (Å²) in [4.78, 5) is 28.9. The molecule has 3 heterocycles. The molecule has 152 valence electrons. The van der Waals surface area contributed by atoms with E-state index in [4.69, 9.17) is 8.94 Å². The first-order valence-electron chi connectivity index (χ1n) is 9.41. The number of nitrogens with zero attached hydrogens (tertiary/aromatic N) is 2. The molecular formula is C22H20N4O4. The zero-order valence-electron chi connectivity index (χ0n) is 16.7. The minimum absolute atomic E-state index is 0.156. The lowest BCUT2D eigenvalue weighted by Gasteiger charge is -2.16. The van der Waals surface area contributed by atoms with Crippen molar-refractivity contribution >= 4 is 28.6 Å². The van der Waals surface area contributed by atoms with Crippen LogP contribution in [-0.2, 0) is 4.79 Å². The Morgan fingerprint density at radius 1 is 1.13 bits per heavy atom. The van der Waals surface area contributed by atoms with E-state index in [1.54, 1.807) is 31.2 Å². The molecule has 0 saturated heterocycles. The van der Waals surface area contributed by atoms with E-state index in [2.05, 4.69) is 20.8 Å². The summed E-state index contributed by atoms with van der Waals surface area (Å²) in [5.74, 6) is 0.0754. The maximum Gasteiger partial charge on any atom is 0.259 e. The number of amides is 2. The molecule has 1 atom stereocenters. The third kappa shape index (κ3) is 3.80. The Balaban J connectivity index is 1.66. The molecule has 0 fully saturated rings. The van der Waals surface area contributed by atoms with Gasteiger partial charge in [-0.2, -0.15) is 0 Å². The number of nitrogens with one attached hydrogen (secondary N) is 2. The molecule has 0 bridgehead atoms. The molecule has 1 unspecified atom stereocenters. The molecule has 30 heavy (non-hydrogen) atoms. The molecule has 0 saturated carbocycles. The Morgan fingerprint density at radius 3 is 2.70 bits per heavy atom. The van der Waals surface area contributed by atoms with Crippen LogP contribution in [0.4, 0.5) is 5.69 Å². The van der Waals surface area contributed by atoms with E-state index in [1.807, 2.05) is 25.1 Å². The summed E-state index contributed by atoms with van der Waals surface area (Å²) < 4.78 is 10.7. The van der Waals surface area contributed by atoms with Crippen molar-refractivity contribution in [3.63, 3.8) is 0 Å². The van der Waals surface area contributed by atoms with Crippen LogP contribution < -0.4 is 10.6 Å². The third-order valence-electron chi connectivity index (χ3n) is 4.69. The number of anilines is 1. The first kappa shape index (κ1) is 19.4. The Bertz CT molecular complexity index is 1230. The highest BCUT2D eigenvalue weighted by molar-refractivity contribution is 6.07. The SMILES string of the molecule is CC(=O)Nc1cccc(C(C)NC(=O)c2cc(-c3ccco3)nc3onc(C)c23)c1. The maximum absolute atomic E-state index is 13.2. The average Bonchev–Trinajstić information content (AvgIpc) is 3.37. The zero-order chi connectivity index (χ0) is 21.3. The summed E-state index contributed by atoms with van der Waals surface area (Å²) in [5.41, 5.74) is 3.25. The van der Waals surface area contributed by atoms with Gasteiger partial charge in [-0.3, -0.25) is 9.59 Å². The van der Waals surface area contributed by atoms with E-state index < -0.39 is 0 Å². The molecular weight excluding hydrogens is 384 g/mol. The predicted molar refractivity (Wildman–Crippen MR) is 111 cm³/mol. The van der Waals surface area contributed by atoms with Gasteiger partial charge in [-0.05, 0) is 49.7 Å². The third-order valence-corrected chi connectivity index (χ3v) is 4.69. The normalized spacial score (nSPS) is 12.0. The summed E-state index contributed by atoms with van der Waals surface area (Å²) >= 11 is 0. The van der Waals surface area contributed by atoms with Crippen molar-refractivity contribution in [1.82, 2.24) is 15.5 Å². The number of hydrogen-bond donors (Lipinski definition) is 2. The fourth-order valence-electron chi connectivity index (χ4n) is 3.27. The smallest absolute Gasteiger partial charge is 0.259 e. The number of benzene rings is 1. The van der Waals surface area contributed by atoms with Gasteiger partial charge in [0.25, 0.3) is 11.6 Å². The van der Waals surface area contributed by atoms with Crippen molar-refractivity contribution in [2.75, 3.05) is 5.32 Å². The largest absolute Gasteiger partial charge is 0.463 e. The van der Waals surface area contributed by atoms with Crippen molar-refractivity contribution in [3.05, 3.63) is 65.5 Å². The Labute approximate surface area is 172 Å². The number of carbonyl (C=O) groups excluding carboxylic acids is 2. The van der Waals surface area contributed by atoms with E-state index in [1.165, 1.54) is 13.2 Å². The molecule has 8 nitrogen and oxygen atoms in total. The van der Waals surface area contributed by atoms with E-state index in [0.29, 0.717) is 33.8 Å². The molecule has 0 radical (unpaired) electrons. The average molecular weight is 404 g/mol. The summed E-state index contributed by atoms with van der Waals surface area (Å²) in [6.07, 6.45) is 1.54. The fourth-order valence-corrected chi connectivity index (χ4v) is 3.27. The minimum atomic E-state index is -0.304. The van der Waals surface area contributed by atoms with Gasteiger partial charge in [-0.25, -0.2) is 4.98 Å². The zero-order valence-corrected chi connectivity index (χ0v) is 16.7. The standard InChI is InChI=1S/C22H20N4O4/c1-12(15-6-4-7-16(10-15)24-14(3)27)23-21(28)17-11-18(19-8-5-9-29-19)25-22-20(17)13(2)26-30-22/h4-12H,1-3H3,(H,23,28)(H,24,27). The van der Waals surface area contributed by atoms with Crippen molar-refractivity contribution in [2.45, 2.75) is 26.8 Å². The topological polar surface area (TPSA) is 110 Å². The second kappa shape index (κ2) is 7.82. The van der Waals surface area contributed by atoms with E-state index in [-0.39, 0.29) is 23.6 Å². The highest BCUT2D eigenvalue weighted by Gasteiger charge is 2.21. The molecule has 2 amide bonds. The predicted octanol–water partition coefficient (Wildman–Crippen LogP) is 4.24. The van der Waals surface area contributed by atoms with E-state index in [9.17, 15) is 9.59 Å². The van der Waals surface area contributed by atoms with Crippen LogP contribution in [0.2, 0.25) is 0 Å². The van der Waals surface area contributed by atoms with E-state index >= 15 is 0 Å². The van der Waals surface area contributed by atoms with Crippen molar-refractivity contribution in [2.24, 2.45) is 0 Å². The molecule has 0 aliphatic rings. The summed E-state index contributed by atoms with van der Waals surface area (Å²) in [6, 6.07) is 12.2. The van der Waals surface area contributed by atoms with Gasteiger partial charge < -0.3 is 19.6 Å². The van der Waals surface area contributed by atoms with Crippen LogP contribution in [0.1, 0.15) is 41.5 Å². The van der Waals surface area contributed by atoms with Crippen molar-refractivity contribution in [1.29, 1.82) is 0 Å². The molecule has 0 aliphatic heterocycles. The molecule has 4 aromatic rings. The van der Waals surface area contributed by atoms with Gasteiger partial charge in [0, 0.05) is 12.6 Å². The lowest BCUT2D eigenvalue weighted by Crippen LogP contribution is -2.27. The second-order valence-electron chi connectivity index (χ2n) is 6.98. The van der Waals surface area contributed by atoms with E-state index in [0.717, 1.165) is 5.56 Å². The van der Waals surface area contributed by atoms with Crippen LogP contribution in [0.15, 0.2) is 57.7 Å². The number of pyridine rings is 1. The van der Waals surface area contributed by atoms with Crippen LogP contribution in [-0.4, -0.2) is 22.0 Å². The molecule has 2 N–H and O–H groups in total.